The minimum atomic E-state index is -0.817. The fourth-order valence-electron chi connectivity index (χ4n) is 2.86. The summed E-state index contributed by atoms with van der Waals surface area (Å²) in [7, 11) is 0. The second-order valence-electron chi connectivity index (χ2n) is 5.35. The Morgan fingerprint density at radius 3 is 3.05 bits per heavy atom. The molecule has 106 valence electrons. The first kappa shape index (κ1) is 13.9. The normalized spacial score (nSPS) is 22.4. The topological polar surface area (TPSA) is 69.6 Å². The fraction of sp³-hybridized carbons (Fsp3) is 0.714. The molecule has 0 saturated carbocycles. The average Bonchev–Trinajstić information content (AvgIpc) is 2.42. The maximum Gasteiger partial charge on any atom is 0.317 e. The Balaban J connectivity index is 1.74. The highest BCUT2D eigenvalue weighted by atomic mass is 16.4. The number of likely N-dealkylation sites (tertiary alicyclic amines) is 1. The quantitative estimate of drug-likeness (QED) is 0.604. The van der Waals surface area contributed by atoms with Gasteiger partial charge in [0.1, 0.15) is 0 Å². The van der Waals surface area contributed by atoms with Gasteiger partial charge >= 0.3 is 12.0 Å². The van der Waals surface area contributed by atoms with E-state index in [0.29, 0.717) is 18.9 Å². The van der Waals surface area contributed by atoms with Gasteiger partial charge in [-0.15, -0.1) is 0 Å². The largest absolute Gasteiger partial charge is 0.481 e. The highest BCUT2D eigenvalue weighted by Crippen LogP contribution is 2.31. The molecule has 0 aromatic rings. The Labute approximate surface area is 113 Å². The number of hydrogen-bond donors (Lipinski definition) is 2. The van der Waals surface area contributed by atoms with Crippen molar-refractivity contribution in [2.24, 2.45) is 5.92 Å². The molecule has 1 aliphatic carbocycles. The maximum absolute atomic E-state index is 12.0. The van der Waals surface area contributed by atoms with Gasteiger partial charge in [-0.05, 0) is 38.0 Å². The predicted octanol–water partition coefficient (Wildman–Crippen LogP) is 1.99. The summed E-state index contributed by atoms with van der Waals surface area (Å²) in [6.07, 6.45) is 7.62. The van der Waals surface area contributed by atoms with Gasteiger partial charge in [-0.1, -0.05) is 11.6 Å². The molecule has 19 heavy (non-hydrogen) atoms. The Hall–Kier alpha value is -1.52. The number of aliphatic carboxylic acids is 1. The SMILES string of the molecule is O=C(O)CCCNC(=O)N1CCC2CCCC=C2C1. The van der Waals surface area contributed by atoms with Crippen molar-refractivity contribution in [2.75, 3.05) is 19.6 Å². The van der Waals surface area contributed by atoms with Crippen LogP contribution in [0.25, 0.3) is 0 Å². The summed E-state index contributed by atoms with van der Waals surface area (Å²) in [4.78, 5) is 24.2. The lowest BCUT2D eigenvalue weighted by Gasteiger charge is -2.36. The van der Waals surface area contributed by atoms with E-state index in [1.807, 2.05) is 4.90 Å². The molecule has 1 atom stereocenters. The van der Waals surface area contributed by atoms with Crippen molar-refractivity contribution in [1.29, 1.82) is 0 Å². The van der Waals surface area contributed by atoms with Gasteiger partial charge in [0.25, 0.3) is 0 Å². The van der Waals surface area contributed by atoms with Gasteiger partial charge in [0, 0.05) is 26.1 Å². The van der Waals surface area contributed by atoms with Crippen LogP contribution < -0.4 is 5.32 Å². The van der Waals surface area contributed by atoms with E-state index < -0.39 is 5.97 Å². The minimum absolute atomic E-state index is 0.0599. The molecular weight excluding hydrogens is 244 g/mol. The molecule has 0 radical (unpaired) electrons. The lowest BCUT2D eigenvalue weighted by atomic mass is 9.82. The van der Waals surface area contributed by atoms with Crippen molar-refractivity contribution in [3.8, 4) is 0 Å². The van der Waals surface area contributed by atoms with E-state index in [0.717, 1.165) is 25.9 Å². The maximum atomic E-state index is 12.0. The van der Waals surface area contributed by atoms with Crippen LogP contribution in [-0.2, 0) is 4.79 Å². The number of nitrogens with zero attached hydrogens (tertiary/aromatic N) is 1. The Bertz CT molecular complexity index is 379. The number of piperidine rings is 1. The second kappa shape index (κ2) is 6.59. The molecule has 2 N–H and O–H groups in total. The van der Waals surface area contributed by atoms with E-state index in [1.165, 1.54) is 18.4 Å². The van der Waals surface area contributed by atoms with Crippen molar-refractivity contribution in [3.05, 3.63) is 11.6 Å². The van der Waals surface area contributed by atoms with Crippen LogP contribution in [0.15, 0.2) is 11.6 Å². The van der Waals surface area contributed by atoms with E-state index in [-0.39, 0.29) is 12.5 Å². The standard InChI is InChI=1S/C14H22N2O3/c17-13(18)6-3-8-15-14(19)16-9-7-11-4-1-2-5-12(11)10-16/h5,11H,1-4,6-10H2,(H,15,19)(H,17,18). The third-order valence-corrected chi connectivity index (χ3v) is 3.94. The molecule has 2 amide bonds. The molecule has 1 saturated heterocycles. The summed E-state index contributed by atoms with van der Waals surface area (Å²) < 4.78 is 0. The smallest absolute Gasteiger partial charge is 0.317 e. The number of hydrogen-bond acceptors (Lipinski definition) is 2. The predicted molar refractivity (Wildman–Crippen MR) is 71.9 cm³/mol. The summed E-state index contributed by atoms with van der Waals surface area (Å²) in [5, 5.41) is 11.3. The van der Waals surface area contributed by atoms with Crippen LogP contribution in [0.3, 0.4) is 0 Å². The number of rotatable bonds is 4. The second-order valence-corrected chi connectivity index (χ2v) is 5.35. The van der Waals surface area contributed by atoms with Crippen LogP contribution in [-0.4, -0.2) is 41.6 Å². The zero-order chi connectivity index (χ0) is 13.7. The highest BCUT2D eigenvalue weighted by Gasteiger charge is 2.27. The average molecular weight is 266 g/mol. The van der Waals surface area contributed by atoms with Crippen LogP contribution in [0.4, 0.5) is 4.79 Å². The van der Waals surface area contributed by atoms with Gasteiger partial charge in [0.05, 0.1) is 0 Å². The van der Waals surface area contributed by atoms with Gasteiger partial charge in [0.15, 0.2) is 0 Å². The molecule has 0 spiro atoms. The molecule has 5 heteroatoms. The molecular formula is C14H22N2O3. The van der Waals surface area contributed by atoms with Crippen LogP contribution in [0.2, 0.25) is 0 Å². The molecule has 0 aromatic heterocycles. The summed E-state index contributed by atoms with van der Waals surface area (Å²) in [5.74, 6) is -0.132. The monoisotopic (exact) mass is 266 g/mol. The third-order valence-electron chi connectivity index (χ3n) is 3.94. The Morgan fingerprint density at radius 2 is 2.26 bits per heavy atom. The van der Waals surface area contributed by atoms with Gasteiger partial charge in [-0.2, -0.15) is 0 Å². The van der Waals surface area contributed by atoms with Crippen LogP contribution in [0.1, 0.15) is 38.5 Å². The van der Waals surface area contributed by atoms with Crippen molar-refractivity contribution in [2.45, 2.75) is 38.5 Å². The number of amides is 2. The van der Waals surface area contributed by atoms with Crippen molar-refractivity contribution >= 4 is 12.0 Å². The number of carbonyl (C=O) groups is 2. The molecule has 1 aliphatic heterocycles. The third kappa shape index (κ3) is 3.98. The van der Waals surface area contributed by atoms with Crippen LogP contribution in [0.5, 0.6) is 0 Å². The molecule has 1 heterocycles. The molecule has 0 aromatic carbocycles. The summed E-state index contributed by atoms with van der Waals surface area (Å²) in [5.41, 5.74) is 1.41. The van der Waals surface area contributed by atoms with E-state index in [9.17, 15) is 9.59 Å². The van der Waals surface area contributed by atoms with Gasteiger partial charge in [0.2, 0.25) is 0 Å². The molecule has 5 nitrogen and oxygen atoms in total. The van der Waals surface area contributed by atoms with Crippen LogP contribution in [0, 0.1) is 5.92 Å². The fourth-order valence-corrected chi connectivity index (χ4v) is 2.86. The van der Waals surface area contributed by atoms with Gasteiger partial charge in [-0.3, -0.25) is 4.79 Å². The van der Waals surface area contributed by atoms with Crippen molar-refractivity contribution in [1.82, 2.24) is 10.2 Å². The lowest BCUT2D eigenvalue weighted by Crippen LogP contribution is -2.46. The molecule has 1 unspecified atom stereocenters. The first-order valence-corrected chi connectivity index (χ1v) is 7.10. The summed E-state index contributed by atoms with van der Waals surface area (Å²) in [6, 6.07) is -0.0599. The number of carbonyl (C=O) groups excluding carboxylic acids is 1. The van der Waals surface area contributed by atoms with E-state index >= 15 is 0 Å². The van der Waals surface area contributed by atoms with E-state index in [2.05, 4.69) is 11.4 Å². The number of carboxylic acids is 1. The number of allylic oxidation sites excluding steroid dienone is 1. The first-order valence-electron chi connectivity index (χ1n) is 7.10. The first-order chi connectivity index (χ1) is 9.16. The van der Waals surface area contributed by atoms with Crippen LogP contribution >= 0.6 is 0 Å². The number of fused-ring (bicyclic) bond motifs is 1. The zero-order valence-corrected chi connectivity index (χ0v) is 11.2. The molecule has 1 fully saturated rings. The minimum Gasteiger partial charge on any atom is -0.481 e. The highest BCUT2D eigenvalue weighted by molar-refractivity contribution is 5.74. The van der Waals surface area contributed by atoms with Gasteiger partial charge in [-0.25, -0.2) is 4.79 Å². The number of urea groups is 1. The van der Waals surface area contributed by atoms with Crippen molar-refractivity contribution < 1.29 is 14.7 Å². The zero-order valence-electron chi connectivity index (χ0n) is 11.2. The van der Waals surface area contributed by atoms with E-state index in [4.69, 9.17) is 5.11 Å². The van der Waals surface area contributed by atoms with Crippen molar-refractivity contribution in [3.63, 3.8) is 0 Å². The van der Waals surface area contributed by atoms with Gasteiger partial charge < -0.3 is 15.3 Å². The van der Waals surface area contributed by atoms with E-state index in [1.54, 1.807) is 0 Å². The summed E-state index contributed by atoms with van der Waals surface area (Å²) >= 11 is 0. The lowest BCUT2D eigenvalue weighted by molar-refractivity contribution is -0.137. The Kier molecular flexibility index (Phi) is 4.82. The molecule has 2 aliphatic rings. The number of nitrogens with one attached hydrogen (secondary N) is 1. The Morgan fingerprint density at radius 1 is 1.42 bits per heavy atom. The summed E-state index contributed by atoms with van der Waals surface area (Å²) in [6.45, 7) is 1.99. The molecule has 0 bridgehead atoms. The molecule has 2 rings (SSSR count). The number of carboxylic acid groups (broad SMARTS) is 1.